The maximum absolute atomic E-state index is 13.1. The second-order valence-corrected chi connectivity index (χ2v) is 6.17. The van der Waals surface area contributed by atoms with Gasteiger partial charge in [-0.3, -0.25) is 4.79 Å². The van der Waals surface area contributed by atoms with Gasteiger partial charge in [0.15, 0.2) is 0 Å². The van der Waals surface area contributed by atoms with Gasteiger partial charge in [-0.1, -0.05) is 18.2 Å². The predicted molar refractivity (Wildman–Crippen MR) is 87.7 cm³/mol. The van der Waals surface area contributed by atoms with Crippen molar-refractivity contribution in [2.24, 2.45) is 0 Å². The minimum Gasteiger partial charge on any atom is -0.385 e. The molecule has 2 aliphatic heterocycles. The second-order valence-electron chi connectivity index (χ2n) is 6.17. The molecule has 3 N–H and O–H groups in total. The quantitative estimate of drug-likeness (QED) is 0.842. The molecule has 120 valence electrons. The number of nitrogen functional groups attached to an aromatic ring is 1. The lowest BCUT2D eigenvalue weighted by molar-refractivity contribution is 0.0859. The maximum Gasteiger partial charge on any atom is 0.256 e. The molecule has 1 aromatic heterocycles. The summed E-state index contributed by atoms with van der Waals surface area (Å²) in [7, 11) is 0. The van der Waals surface area contributed by atoms with Gasteiger partial charge in [-0.2, -0.15) is 9.78 Å². The van der Waals surface area contributed by atoms with Gasteiger partial charge in [-0.15, -0.1) is 0 Å². The van der Waals surface area contributed by atoms with Crippen molar-refractivity contribution in [2.45, 2.75) is 32.3 Å². The normalized spacial score (nSPS) is 19.6. The van der Waals surface area contributed by atoms with Gasteiger partial charge >= 0.3 is 0 Å². The topological polar surface area (TPSA) is 82.2 Å². The van der Waals surface area contributed by atoms with E-state index in [0.717, 1.165) is 41.0 Å². The second kappa shape index (κ2) is 5.38. The number of ether oxygens (including phenoxy) is 1. The van der Waals surface area contributed by atoms with Crippen LogP contribution in [-0.2, 0) is 17.8 Å². The lowest BCUT2D eigenvalue weighted by atomic mass is 9.88. The third-order valence-electron chi connectivity index (χ3n) is 4.76. The summed E-state index contributed by atoms with van der Waals surface area (Å²) < 4.78 is 6.82. The number of hydrogen-bond acceptors (Lipinski definition) is 5. The first-order valence-corrected chi connectivity index (χ1v) is 7.98. The smallest absolute Gasteiger partial charge is 0.256 e. The molecule has 0 saturated carbocycles. The zero-order chi connectivity index (χ0) is 16.0. The van der Waals surface area contributed by atoms with Crippen molar-refractivity contribution in [3.8, 4) is 0 Å². The van der Waals surface area contributed by atoms with E-state index in [1.54, 1.807) is 0 Å². The van der Waals surface area contributed by atoms with Crippen LogP contribution in [0.2, 0.25) is 0 Å². The van der Waals surface area contributed by atoms with Crippen LogP contribution in [0.4, 0.5) is 11.5 Å². The van der Waals surface area contributed by atoms with Crippen molar-refractivity contribution in [1.82, 2.24) is 9.78 Å². The van der Waals surface area contributed by atoms with Gasteiger partial charge in [0.25, 0.3) is 5.91 Å². The molecular weight excluding hydrogens is 292 g/mol. The third-order valence-corrected chi connectivity index (χ3v) is 4.76. The first-order valence-electron chi connectivity index (χ1n) is 7.98. The molecule has 1 aromatic carbocycles. The molecule has 0 radical (unpaired) electrons. The van der Waals surface area contributed by atoms with E-state index < -0.39 is 0 Å². The molecule has 3 heterocycles. The fraction of sp³-hybridized carbons (Fsp3) is 0.412. The molecule has 0 unspecified atom stereocenters. The number of benzene rings is 1. The highest BCUT2D eigenvalue weighted by Crippen LogP contribution is 2.35. The van der Waals surface area contributed by atoms with Gasteiger partial charge in [0.1, 0.15) is 5.82 Å². The van der Waals surface area contributed by atoms with E-state index in [4.69, 9.17) is 10.5 Å². The van der Waals surface area contributed by atoms with Crippen LogP contribution in [0.25, 0.3) is 0 Å². The van der Waals surface area contributed by atoms with E-state index >= 15 is 0 Å². The Bertz CT molecular complexity index is 781. The Hall–Kier alpha value is -2.34. The molecule has 6 heteroatoms. The van der Waals surface area contributed by atoms with Gasteiger partial charge in [-0.25, -0.2) is 0 Å². The molecule has 0 spiro atoms. The lowest BCUT2D eigenvalue weighted by Crippen LogP contribution is -2.28. The minimum atomic E-state index is -0.212. The number of anilines is 2. The highest BCUT2D eigenvalue weighted by atomic mass is 16.5. The van der Waals surface area contributed by atoms with E-state index in [9.17, 15) is 4.79 Å². The zero-order valence-corrected chi connectivity index (χ0v) is 13.1. The molecule has 1 atom stereocenters. The van der Waals surface area contributed by atoms with Crippen LogP contribution in [-0.4, -0.2) is 28.8 Å². The van der Waals surface area contributed by atoms with Crippen LogP contribution < -0.4 is 11.1 Å². The summed E-state index contributed by atoms with van der Waals surface area (Å²) >= 11 is 0. The molecular formula is C17H20N4O2. The number of nitrogens with two attached hydrogens (primary N) is 1. The number of nitrogens with one attached hydrogen (secondary N) is 1. The molecule has 2 aromatic rings. The zero-order valence-electron chi connectivity index (χ0n) is 13.1. The highest BCUT2D eigenvalue weighted by Gasteiger charge is 2.31. The predicted octanol–water partition coefficient (Wildman–Crippen LogP) is 2.09. The van der Waals surface area contributed by atoms with Crippen molar-refractivity contribution in [3.63, 3.8) is 0 Å². The van der Waals surface area contributed by atoms with E-state index in [1.165, 1.54) is 4.68 Å². The van der Waals surface area contributed by atoms with Gasteiger partial charge in [0.05, 0.1) is 24.8 Å². The maximum atomic E-state index is 13.1. The SMILES string of the molecule is Cc1cccc2c1NCC[C@H]2C(=O)n1nc2c(c1N)COCC2. The van der Waals surface area contributed by atoms with Gasteiger partial charge < -0.3 is 15.8 Å². The lowest BCUT2D eigenvalue weighted by Gasteiger charge is -2.27. The van der Waals surface area contributed by atoms with E-state index in [1.807, 2.05) is 12.1 Å². The van der Waals surface area contributed by atoms with Crippen molar-refractivity contribution < 1.29 is 9.53 Å². The summed E-state index contributed by atoms with van der Waals surface area (Å²) in [5.41, 5.74) is 11.2. The molecule has 0 fully saturated rings. The molecule has 0 bridgehead atoms. The van der Waals surface area contributed by atoms with Crippen molar-refractivity contribution in [2.75, 3.05) is 24.2 Å². The summed E-state index contributed by atoms with van der Waals surface area (Å²) in [4.78, 5) is 13.1. The van der Waals surface area contributed by atoms with Crippen molar-refractivity contribution in [3.05, 3.63) is 40.6 Å². The van der Waals surface area contributed by atoms with Crippen LogP contribution in [0, 0.1) is 6.92 Å². The standard InChI is InChI=1S/C17H20N4O2/c1-10-3-2-4-11-12(5-7-19-15(10)11)17(22)21-16(18)13-9-23-8-6-14(13)20-21/h2-4,12,19H,5-9,18H2,1H3/t12-/m1/s1. The number of para-hydroxylation sites is 1. The monoisotopic (exact) mass is 312 g/mol. The average Bonchev–Trinajstić information content (AvgIpc) is 2.92. The number of hydrogen-bond donors (Lipinski definition) is 2. The molecule has 0 saturated heterocycles. The first kappa shape index (κ1) is 14.3. The molecule has 2 aliphatic rings. The molecule has 0 aliphatic carbocycles. The summed E-state index contributed by atoms with van der Waals surface area (Å²) in [5.74, 6) is 0.165. The number of aromatic nitrogens is 2. The van der Waals surface area contributed by atoms with Crippen molar-refractivity contribution in [1.29, 1.82) is 0 Å². The number of rotatable bonds is 1. The molecule has 6 nitrogen and oxygen atoms in total. The fourth-order valence-electron chi connectivity index (χ4n) is 3.50. The van der Waals surface area contributed by atoms with Gasteiger partial charge in [0, 0.05) is 24.2 Å². The number of carbonyl (C=O) groups excluding carboxylic acids is 1. The average molecular weight is 312 g/mol. The van der Waals surface area contributed by atoms with Crippen LogP contribution in [0.1, 0.15) is 39.5 Å². The van der Waals surface area contributed by atoms with Crippen molar-refractivity contribution >= 4 is 17.4 Å². The highest BCUT2D eigenvalue weighted by molar-refractivity contribution is 5.90. The Morgan fingerprint density at radius 2 is 2.35 bits per heavy atom. The number of aryl methyl sites for hydroxylation is 1. The largest absolute Gasteiger partial charge is 0.385 e. The Morgan fingerprint density at radius 3 is 3.17 bits per heavy atom. The van der Waals surface area contributed by atoms with Crippen LogP contribution in [0.5, 0.6) is 0 Å². The van der Waals surface area contributed by atoms with Gasteiger partial charge in [-0.05, 0) is 24.5 Å². The minimum absolute atomic E-state index is 0.0507. The summed E-state index contributed by atoms with van der Waals surface area (Å²) in [6, 6.07) is 6.06. The first-order chi connectivity index (χ1) is 11.2. The van der Waals surface area contributed by atoms with Crippen LogP contribution in [0.15, 0.2) is 18.2 Å². The summed E-state index contributed by atoms with van der Waals surface area (Å²) in [6.45, 7) is 3.90. The molecule has 23 heavy (non-hydrogen) atoms. The third kappa shape index (κ3) is 2.21. The van der Waals surface area contributed by atoms with Crippen LogP contribution in [0.3, 0.4) is 0 Å². The van der Waals surface area contributed by atoms with Gasteiger partial charge in [0.2, 0.25) is 0 Å². The number of fused-ring (bicyclic) bond motifs is 2. The number of carbonyl (C=O) groups is 1. The molecule has 0 amide bonds. The van der Waals surface area contributed by atoms with E-state index in [2.05, 4.69) is 23.4 Å². The summed E-state index contributed by atoms with van der Waals surface area (Å²) in [6.07, 6.45) is 1.46. The number of nitrogens with zero attached hydrogens (tertiary/aromatic N) is 2. The Morgan fingerprint density at radius 1 is 1.48 bits per heavy atom. The Labute approximate surface area is 134 Å². The summed E-state index contributed by atoms with van der Waals surface area (Å²) in [5, 5.41) is 7.86. The Kier molecular flexibility index (Phi) is 3.34. The Balaban J connectivity index is 1.74. The van der Waals surface area contributed by atoms with E-state index in [0.29, 0.717) is 25.5 Å². The fourth-order valence-corrected chi connectivity index (χ4v) is 3.50. The molecule has 4 rings (SSSR count). The van der Waals surface area contributed by atoms with E-state index in [-0.39, 0.29) is 11.8 Å². The van der Waals surface area contributed by atoms with Crippen LogP contribution >= 0.6 is 0 Å².